The predicted octanol–water partition coefficient (Wildman–Crippen LogP) is 1.79. The van der Waals surface area contributed by atoms with Crippen LogP contribution in [0.25, 0.3) is 4.91 Å². The van der Waals surface area contributed by atoms with Crippen molar-refractivity contribution in [1.82, 2.24) is 0 Å². The Morgan fingerprint density at radius 2 is 2.15 bits per heavy atom. The first kappa shape index (κ1) is 10.2. The minimum Gasteiger partial charge on any atom is -0.404 e. The Balaban J connectivity index is 3.19. The number of benzene rings is 1. The third-order valence-electron chi connectivity index (χ3n) is 1.53. The third kappa shape index (κ3) is 2.30. The van der Waals surface area contributed by atoms with Crippen molar-refractivity contribution in [2.45, 2.75) is 0 Å². The lowest BCUT2D eigenvalue weighted by atomic mass is 10.2. The first-order valence-corrected chi connectivity index (χ1v) is 4.79. The van der Waals surface area contributed by atoms with E-state index < -0.39 is 0 Å². The highest BCUT2D eigenvalue weighted by Gasteiger charge is 2.05. The molecule has 0 bridgehead atoms. The van der Waals surface area contributed by atoms with E-state index in [9.17, 15) is 0 Å². The van der Waals surface area contributed by atoms with Gasteiger partial charge in [0.2, 0.25) is 0 Å². The summed E-state index contributed by atoms with van der Waals surface area (Å²) in [5.41, 5.74) is 12.4. The molecule has 0 fully saturated rings. The van der Waals surface area contributed by atoms with E-state index in [1.165, 1.54) is 6.20 Å². The second-order valence-electron chi connectivity index (χ2n) is 2.39. The van der Waals surface area contributed by atoms with Crippen molar-refractivity contribution in [3.8, 4) is 0 Å². The molecule has 0 aliphatic rings. The monoisotopic (exact) mass is 215 g/mol. The predicted molar refractivity (Wildman–Crippen MR) is 59.8 cm³/mol. The van der Waals surface area contributed by atoms with Gasteiger partial charge in [-0.05, 0) is 30.1 Å². The Kier molecular flexibility index (Phi) is 3.48. The zero-order valence-corrected chi connectivity index (χ0v) is 8.40. The molecular formula is C8H10ClN3S. The van der Waals surface area contributed by atoms with E-state index >= 15 is 0 Å². The summed E-state index contributed by atoms with van der Waals surface area (Å²) in [7, 11) is 0. The summed E-state index contributed by atoms with van der Waals surface area (Å²) in [5.74, 6) is 0. The normalized spacial score (nSPS) is 11.7. The lowest BCUT2D eigenvalue weighted by molar-refractivity contribution is 1.58. The van der Waals surface area contributed by atoms with Crippen LogP contribution in [0.2, 0.25) is 5.02 Å². The quantitative estimate of drug-likeness (QED) is 0.519. The van der Waals surface area contributed by atoms with E-state index in [1.807, 2.05) is 0 Å². The molecule has 0 unspecified atom stereocenters. The average Bonchev–Trinajstić information content (AvgIpc) is 2.13. The Morgan fingerprint density at radius 1 is 1.46 bits per heavy atom. The van der Waals surface area contributed by atoms with E-state index in [0.717, 1.165) is 17.5 Å². The van der Waals surface area contributed by atoms with E-state index in [4.69, 9.17) is 28.2 Å². The first-order chi connectivity index (χ1) is 6.19. The van der Waals surface area contributed by atoms with Crippen LogP contribution in [0.3, 0.4) is 0 Å². The van der Waals surface area contributed by atoms with Crippen LogP contribution in [0.4, 0.5) is 5.69 Å². The molecule has 0 atom stereocenters. The molecule has 3 nitrogen and oxygen atoms in total. The number of nitrogen functional groups attached to an aromatic ring is 1. The van der Waals surface area contributed by atoms with Gasteiger partial charge >= 0.3 is 0 Å². The highest BCUT2D eigenvalue weighted by molar-refractivity contribution is 8.06. The number of halogens is 1. The summed E-state index contributed by atoms with van der Waals surface area (Å²) in [5, 5.41) is 5.99. The van der Waals surface area contributed by atoms with Gasteiger partial charge < -0.3 is 11.5 Å². The Morgan fingerprint density at radius 3 is 2.69 bits per heavy atom. The van der Waals surface area contributed by atoms with Crippen molar-refractivity contribution >= 4 is 34.1 Å². The van der Waals surface area contributed by atoms with E-state index in [1.54, 1.807) is 18.2 Å². The molecule has 1 rings (SSSR count). The van der Waals surface area contributed by atoms with Crippen molar-refractivity contribution in [3.63, 3.8) is 0 Å². The fourth-order valence-electron chi connectivity index (χ4n) is 0.924. The molecule has 0 saturated heterocycles. The number of hydrogen-bond donors (Lipinski definition) is 3. The molecule has 6 N–H and O–H groups in total. The highest BCUT2D eigenvalue weighted by atomic mass is 35.5. The van der Waals surface area contributed by atoms with Gasteiger partial charge in [-0.15, -0.1) is 0 Å². The van der Waals surface area contributed by atoms with Gasteiger partial charge in [-0.25, -0.2) is 0 Å². The summed E-state index contributed by atoms with van der Waals surface area (Å²) in [6.45, 7) is 0. The van der Waals surface area contributed by atoms with Crippen molar-refractivity contribution in [3.05, 3.63) is 35.0 Å². The Labute approximate surface area is 86.1 Å². The standard InChI is InChI=1S/C8H10ClN3S/c9-7-2-1-5(11)3-6(7)8(4-10)13-12/h1-4H,10-12H2/b8-4-. The van der Waals surface area contributed by atoms with E-state index in [-0.39, 0.29) is 0 Å². The fraction of sp³-hybridized carbons (Fsp3) is 0. The van der Waals surface area contributed by atoms with Gasteiger partial charge in [0.1, 0.15) is 0 Å². The van der Waals surface area contributed by atoms with Gasteiger partial charge in [0.05, 0.1) is 0 Å². The highest BCUT2D eigenvalue weighted by Crippen LogP contribution is 2.30. The maximum absolute atomic E-state index is 5.93. The van der Waals surface area contributed by atoms with Crippen molar-refractivity contribution < 1.29 is 0 Å². The van der Waals surface area contributed by atoms with Gasteiger partial charge in [0.25, 0.3) is 0 Å². The minimum atomic E-state index is 0.587. The van der Waals surface area contributed by atoms with Gasteiger partial charge in [0, 0.05) is 27.4 Å². The summed E-state index contributed by atoms with van der Waals surface area (Å²) in [4.78, 5) is 0.706. The van der Waals surface area contributed by atoms with Crippen LogP contribution < -0.4 is 16.6 Å². The molecule has 70 valence electrons. The third-order valence-corrected chi connectivity index (χ3v) is 2.47. The van der Waals surface area contributed by atoms with Crippen LogP contribution in [0, 0.1) is 0 Å². The molecule has 0 radical (unpaired) electrons. The van der Waals surface area contributed by atoms with Crippen LogP contribution in [-0.2, 0) is 0 Å². The number of hydrogen-bond acceptors (Lipinski definition) is 4. The topological polar surface area (TPSA) is 78.1 Å². The van der Waals surface area contributed by atoms with Crippen LogP contribution in [-0.4, -0.2) is 0 Å². The number of anilines is 1. The van der Waals surface area contributed by atoms with Gasteiger partial charge in [0.15, 0.2) is 0 Å². The minimum absolute atomic E-state index is 0.587. The molecule has 5 heteroatoms. The van der Waals surface area contributed by atoms with Crippen LogP contribution in [0.15, 0.2) is 24.4 Å². The maximum atomic E-state index is 5.93. The summed E-state index contributed by atoms with van der Waals surface area (Å²) < 4.78 is 0. The Hall–Kier alpha value is -0.840. The van der Waals surface area contributed by atoms with Gasteiger partial charge in [-0.1, -0.05) is 11.6 Å². The largest absolute Gasteiger partial charge is 0.404 e. The fourth-order valence-corrected chi connectivity index (χ4v) is 1.57. The summed E-state index contributed by atoms with van der Waals surface area (Å²) in [6, 6.07) is 5.17. The molecular weight excluding hydrogens is 206 g/mol. The average molecular weight is 216 g/mol. The molecule has 0 amide bonds. The second-order valence-corrected chi connectivity index (χ2v) is 3.47. The van der Waals surface area contributed by atoms with Gasteiger partial charge in [-0.3, -0.25) is 5.14 Å². The molecule has 0 spiro atoms. The molecule has 0 aliphatic carbocycles. The van der Waals surface area contributed by atoms with Gasteiger partial charge in [-0.2, -0.15) is 0 Å². The smallest absolute Gasteiger partial charge is 0.0492 e. The molecule has 0 saturated carbocycles. The Bertz CT molecular complexity index is 338. The first-order valence-electron chi connectivity index (χ1n) is 3.53. The van der Waals surface area contributed by atoms with Crippen molar-refractivity contribution in [1.29, 1.82) is 0 Å². The molecule has 0 aliphatic heterocycles. The molecule has 0 aromatic heterocycles. The lowest BCUT2D eigenvalue weighted by Crippen LogP contribution is -1.93. The lowest BCUT2D eigenvalue weighted by Gasteiger charge is -2.06. The number of rotatable bonds is 2. The molecule has 1 aromatic carbocycles. The summed E-state index contributed by atoms with van der Waals surface area (Å²) >= 11 is 6.97. The van der Waals surface area contributed by atoms with Crippen molar-refractivity contribution in [2.75, 3.05) is 5.73 Å². The van der Waals surface area contributed by atoms with Crippen LogP contribution >= 0.6 is 23.5 Å². The van der Waals surface area contributed by atoms with Crippen LogP contribution in [0.5, 0.6) is 0 Å². The summed E-state index contributed by atoms with van der Waals surface area (Å²) in [6.07, 6.45) is 1.41. The maximum Gasteiger partial charge on any atom is 0.0492 e. The molecule has 13 heavy (non-hydrogen) atoms. The zero-order chi connectivity index (χ0) is 9.84. The van der Waals surface area contributed by atoms with E-state index in [2.05, 4.69) is 0 Å². The number of nitrogens with two attached hydrogens (primary N) is 3. The van der Waals surface area contributed by atoms with E-state index in [0.29, 0.717) is 15.6 Å². The SMILES string of the molecule is N/C=C(\SN)c1cc(N)ccc1Cl. The van der Waals surface area contributed by atoms with Crippen molar-refractivity contribution in [2.24, 2.45) is 10.9 Å². The molecule has 0 heterocycles. The second kappa shape index (κ2) is 4.41. The zero-order valence-electron chi connectivity index (χ0n) is 6.83. The van der Waals surface area contributed by atoms with Crippen LogP contribution in [0.1, 0.15) is 5.56 Å². The molecule has 1 aromatic rings.